The number of rotatable bonds is 8. The number of unbranched alkanes of at least 4 members (excludes halogenated alkanes) is 3. The predicted molar refractivity (Wildman–Crippen MR) is 115 cm³/mol. The van der Waals surface area contributed by atoms with Gasteiger partial charge in [-0.05, 0) is 61.5 Å². The second kappa shape index (κ2) is 10.6. The van der Waals surface area contributed by atoms with Crippen molar-refractivity contribution in [3.8, 4) is 6.07 Å². The number of azo groups is 1. The lowest BCUT2D eigenvalue weighted by Crippen LogP contribution is -2.46. The molecule has 3 rings (SSSR count). The fraction of sp³-hybridized carbons (Fsp3) is 0.435. The SMILES string of the molecule is CCCCCCN1CCN(c2ccc(N=Nc3ccc(C#N)cc3)cc2)CC1. The summed E-state index contributed by atoms with van der Waals surface area (Å²) in [6.45, 7) is 7.96. The van der Waals surface area contributed by atoms with Crippen molar-refractivity contribution in [1.29, 1.82) is 5.26 Å². The van der Waals surface area contributed by atoms with Crippen LogP contribution in [0.2, 0.25) is 0 Å². The minimum absolute atomic E-state index is 0.629. The van der Waals surface area contributed by atoms with Gasteiger partial charge >= 0.3 is 0 Å². The van der Waals surface area contributed by atoms with Gasteiger partial charge in [0.05, 0.1) is 23.0 Å². The third-order valence-electron chi connectivity index (χ3n) is 5.19. The van der Waals surface area contributed by atoms with E-state index in [-0.39, 0.29) is 0 Å². The molecule has 146 valence electrons. The molecule has 1 heterocycles. The molecule has 28 heavy (non-hydrogen) atoms. The lowest BCUT2D eigenvalue weighted by molar-refractivity contribution is 0.252. The summed E-state index contributed by atoms with van der Waals surface area (Å²) in [6.07, 6.45) is 5.34. The fourth-order valence-electron chi connectivity index (χ4n) is 3.44. The second-order valence-corrected chi connectivity index (χ2v) is 7.26. The van der Waals surface area contributed by atoms with Gasteiger partial charge in [-0.15, -0.1) is 0 Å². The van der Waals surface area contributed by atoms with Crippen LogP contribution in [-0.2, 0) is 0 Å². The van der Waals surface area contributed by atoms with Crippen molar-refractivity contribution >= 4 is 17.1 Å². The summed E-state index contributed by atoms with van der Waals surface area (Å²) < 4.78 is 0. The van der Waals surface area contributed by atoms with Gasteiger partial charge in [-0.3, -0.25) is 4.90 Å². The van der Waals surface area contributed by atoms with Gasteiger partial charge in [-0.25, -0.2) is 0 Å². The number of piperazine rings is 1. The second-order valence-electron chi connectivity index (χ2n) is 7.26. The molecule has 1 aliphatic heterocycles. The summed E-state index contributed by atoms with van der Waals surface area (Å²) in [4.78, 5) is 5.04. The van der Waals surface area contributed by atoms with Crippen LogP contribution in [0.4, 0.5) is 17.1 Å². The smallest absolute Gasteiger partial charge is 0.0991 e. The molecule has 1 saturated heterocycles. The highest BCUT2D eigenvalue weighted by atomic mass is 15.3. The molecular formula is C23H29N5. The maximum atomic E-state index is 8.83. The summed E-state index contributed by atoms with van der Waals surface area (Å²) >= 11 is 0. The molecule has 2 aromatic rings. The molecule has 0 aliphatic carbocycles. The van der Waals surface area contributed by atoms with Gasteiger partial charge in [0.15, 0.2) is 0 Å². The van der Waals surface area contributed by atoms with E-state index in [4.69, 9.17) is 5.26 Å². The zero-order valence-electron chi connectivity index (χ0n) is 16.7. The van der Waals surface area contributed by atoms with Crippen molar-refractivity contribution in [3.05, 3.63) is 54.1 Å². The number of anilines is 1. The van der Waals surface area contributed by atoms with Gasteiger partial charge in [0.1, 0.15) is 0 Å². The Balaban J connectivity index is 1.48. The quantitative estimate of drug-likeness (QED) is 0.441. The number of hydrogen-bond donors (Lipinski definition) is 0. The van der Waals surface area contributed by atoms with E-state index in [0.717, 1.165) is 37.6 Å². The minimum Gasteiger partial charge on any atom is -0.369 e. The maximum absolute atomic E-state index is 8.83. The monoisotopic (exact) mass is 375 g/mol. The van der Waals surface area contributed by atoms with Crippen molar-refractivity contribution in [3.63, 3.8) is 0 Å². The molecule has 1 fully saturated rings. The summed E-state index contributed by atoms with van der Waals surface area (Å²) in [5.74, 6) is 0. The van der Waals surface area contributed by atoms with E-state index in [1.165, 1.54) is 37.9 Å². The van der Waals surface area contributed by atoms with Crippen LogP contribution in [0.15, 0.2) is 58.8 Å². The lowest BCUT2D eigenvalue weighted by atomic mass is 10.2. The molecule has 5 heteroatoms. The molecule has 0 bridgehead atoms. The Morgan fingerprint density at radius 2 is 1.43 bits per heavy atom. The average Bonchev–Trinajstić information content (AvgIpc) is 2.76. The van der Waals surface area contributed by atoms with E-state index < -0.39 is 0 Å². The molecule has 5 nitrogen and oxygen atoms in total. The minimum atomic E-state index is 0.629. The van der Waals surface area contributed by atoms with Crippen molar-refractivity contribution in [1.82, 2.24) is 4.90 Å². The third kappa shape index (κ3) is 5.90. The molecule has 0 radical (unpaired) electrons. The Labute approximate surface area is 168 Å². The molecule has 1 aliphatic rings. The largest absolute Gasteiger partial charge is 0.369 e. The van der Waals surface area contributed by atoms with Crippen LogP contribution >= 0.6 is 0 Å². The first-order valence-corrected chi connectivity index (χ1v) is 10.3. The highest BCUT2D eigenvalue weighted by Gasteiger charge is 2.16. The average molecular weight is 376 g/mol. The standard InChI is InChI=1S/C23H29N5/c1-2-3-4-5-14-27-15-17-28(18-16-27)23-12-10-22(11-13-23)26-25-21-8-6-20(19-24)7-9-21/h6-13H,2-5,14-18H2,1H3. The molecule has 0 spiro atoms. The van der Waals surface area contributed by atoms with Crippen LogP contribution in [0.3, 0.4) is 0 Å². The van der Waals surface area contributed by atoms with Gasteiger partial charge in [0, 0.05) is 31.9 Å². The molecule has 0 unspecified atom stereocenters. The Morgan fingerprint density at radius 3 is 2.00 bits per heavy atom. The van der Waals surface area contributed by atoms with Crippen LogP contribution < -0.4 is 4.90 Å². The third-order valence-corrected chi connectivity index (χ3v) is 5.19. The zero-order chi connectivity index (χ0) is 19.6. The molecule has 0 N–H and O–H groups in total. The van der Waals surface area contributed by atoms with Gasteiger partial charge in [0.2, 0.25) is 0 Å². The summed E-state index contributed by atoms with van der Waals surface area (Å²) in [7, 11) is 0. The van der Waals surface area contributed by atoms with E-state index in [2.05, 4.69) is 45.2 Å². The zero-order valence-corrected chi connectivity index (χ0v) is 16.7. The van der Waals surface area contributed by atoms with Crippen molar-refractivity contribution in [2.24, 2.45) is 10.2 Å². The van der Waals surface area contributed by atoms with Crippen LogP contribution in [0.5, 0.6) is 0 Å². The summed E-state index contributed by atoms with van der Waals surface area (Å²) in [5.41, 5.74) is 3.47. The van der Waals surface area contributed by atoms with E-state index in [9.17, 15) is 0 Å². The van der Waals surface area contributed by atoms with E-state index in [1.54, 1.807) is 24.3 Å². The summed E-state index contributed by atoms with van der Waals surface area (Å²) in [6, 6.07) is 17.5. The first kappa shape index (κ1) is 20.0. The first-order valence-electron chi connectivity index (χ1n) is 10.3. The van der Waals surface area contributed by atoms with Crippen LogP contribution in [0.1, 0.15) is 38.2 Å². The molecule has 0 amide bonds. The summed E-state index contributed by atoms with van der Waals surface area (Å²) in [5, 5.41) is 17.4. The van der Waals surface area contributed by atoms with Crippen LogP contribution in [0, 0.1) is 11.3 Å². The van der Waals surface area contributed by atoms with Gasteiger partial charge in [-0.2, -0.15) is 15.5 Å². The van der Waals surface area contributed by atoms with Crippen LogP contribution in [-0.4, -0.2) is 37.6 Å². The van der Waals surface area contributed by atoms with E-state index in [0.29, 0.717) is 5.56 Å². The fourth-order valence-corrected chi connectivity index (χ4v) is 3.44. The number of nitriles is 1. The van der Waals surface area contributed by atoms with E-state index >= 15 is 0 Å². The molecule has 0 aromatic heterocycles. The number of nitrogens with zero attached hydrogens (tertiary/aromatic N) is 5. The maximum Gasteiger partial charge on any atom is 0.0991 e. The Kier molecular flexibility index (Phi) is 7.57. The molecule has 0 saturated carbocycles. The highest BCUT2D eigenvalue weighted by Crippen LogP contribution is 2.23. The first-order chi connectivity index (χ1) is 13.8. The highest BCUT2D eigenvalue weighted by molar-refractivity contribution is 5.53. The van der Waals surface area contributed by atoms with Gasteiger partial charge in [0.25, 0.3) is 0 Å². The molecule has 2 aromatic carbocycles. The molecular weight excluding hydrogens is 346 g/mol. The Hall–Kier alpha value is -2.71. The van der Waals surface area contributed by atoms with Gasteiger partial charge < -0.3 is 4.90 Å². The number of benzene rings is 2. The normalized spacial score (nSPS) is 15.1. The topological polar surface area (TPSA) is 55.0 Å². The number of hydrogen-bond acceptors (Lipinski definition) is 5. The van der Waals surface area contributed by atoms with E-state index in [1.807, 2.05) is 12.1 Å². The van der Waals surface area contributed by atoms with Crippen molar-refractivity contribution in [2.45, 2.75) is 32.6 Å². The Morgan fingerprint density at radius 1 is 0.821 bits per heavy atom. The van der Waals surface area contributed by atoms with Gasteiger partial charge in [-0.1, -0.05) is 26.2 Å². The van der Waals surface area contributed by atoms with Crippen molar-refractivity contribution < 1.29 is 0 Å². The van der Waals surface area contributed by atoms with Crippen LogP contribution in [0.25, 0.3) is 0 Å². The lowest BCUT2D eigenvalue weighted by Gasteiger charge is -2.36. The predicted octanol–water partition coefficient (Wildman–Crippen LogP) is 5.68. The Bertz CT molecular complexity index is 781. The van der Waals surface area contributed by atoms with Crippen molar-refractivity contribution in [2.75, 3.05) is 37.6 Å². The molecule has 0 atom stereocenters.